The molecule has 1 N–H and O–H groups in total. The van der Waals surface area contributed by atoms with Crippen LogP contribution in [0.4, 0.5) is 0 Å². The highest BCUT2D eigenvalue weighted by Gasteiger charge is 2.33. The lowest BCUT2D eigenvalue weighted by atomic mass is 10.1. The summed E-state index contributed by atoms with van der Waals surface area (Å²) in [6.07, 6.45) is 3.27. The van der Waals surface area contributed by atoms with Gasteiger partial charge < -0.3 is 10.2 Å². The number of pyridine rings is 1. The van der Waals surface area contributed by atoms with Gasteiger partial charge >= 0.3 is 0 Å². The van der Waals surface area contributed by atoms with Crippen molar-refractivity contribution in [3.05, 3.63) is 70.1 Å². The van der Waals surface area contributed by atoms with Crippen LogP contribution in [0.15, 0.2) is 42.7 Å². The summed E-state index contributed by atoms with van der Waals surface area (Å²) in [6, 6.07) is 9.94. The molecule has 8 heteroatoms. The van der Waals surface area contributed by atoms with Crippen molar-refractivity contribution in [2.75, 3.05) is 18.8 Å². The minimum atomic E-state index is -0.180. The summed E-state index contributed by atoms with van der Waals surface area (Å²) in [4.78, 5) is 37.3. The first-order valence-electron chi connectivity index (χ1n) is 10.1. The number of carbonyl (C=O) groups excluding carboxylic acids is 2. The number of aromatic nitrogens is 2. The van der Waals surface area contributed by atoms with Gasteiger partial charge in [-0.15, -0.1) is 23.1 Å². The average molecular weight is 453 g/mol. The third kappa shape index (κ3) is 4.80. The maximum Gasteiger partial charge on any atom is 0.274 e. The Morgan fingerprint density at radius 2 is 2.00 bits per heavy atom. The van der Waals surface area contributed by atoms with E-state index in [9.17, 15) is 9.59 Å². The summed E-state index contributed by atoms with van der Waals surface area (Å²) in [7, 11) is 0. The number of rotatable bonds is 5. The minimum absolute atomic E-state index is 0.0812. The van der Waals surface area contributed by atoms with Crippen molar-refractivity contribution in [3.8, 4) is 10.4 Å². The van der Waals surface area contributed by atoms with E-state index >= 15 is 0 Å². The number of aryl methyl sites for hydroxylation is 3. The topological polar surface area (TPSA) is 75.2 Å². The molecule has 1 aliphatic heterocycles. The number of carbonyl (C=O) groups is 2. The van der Waals surface area contributed by atoms with Crippen LogP contribution in [-0.2, 0) is 0 Å². The van der Waals surface area contributed by atoms with E-state index in [1.54, 1.807) is 30.2 Å². The Morgan fingerprint density at radius 3 is 2.77 bits per heavy atom. The largest absolute Gasteiger partial charge is 0.349 e. The molecule has 4 rings (SSSR count). The second kappa shape index (κ2) is 9.20. The molecule has 2 amide bonds. The first-order chi connectivity index (χ1) is 14.9. The van der Waals surface area contributed by atoms with Crippen molar-refractivity contribution in [1.82, 2.24) is 20.2 Å². The van der Waals surface area contributed by atoms with E-state index in [1.807, 2.05) is 43.9 Å². The number of nitrogens with one attached hydrogen (secondary N) is 1. The van der Waals surface area contributed by atoms with Gasteiger partial charge in [0.1, 0.15) is 5.69 Å². The van der Waals surface area contributed by atoms with Gasteiger partial charge in [0.25, 0.3) is 11.8 Å². The van der Waals surface area contributed by atoms with Crippen LogP contribution >= 0.6 is 23.1 Å². The van der Waals surface area contributed by atoms with Crippen molar-refractivity contribution in [3.63, 3.8) is 0 Å². The molecule has 3 heterocycles. The molecule has 3 aromatic rings. The predicted molar refractivity (Wildman–Crippen MR) is 126 cm³/mol. The lowest BCUT2D eigenvalue weighted by Crippen LogP contribution is -2.42. The maximum atomic E-state index is 13.4. The summed E-state index contributed by atoms with van der Waals surface area (Å²) < 4.78 is 0. The number of benzene rings is 1. The number of thioether (sulfide) groups is 1. The normalized spacial score (nSPS) is 15.8. The van der Waals surface area contributed by atoms with E-state index in [2.05, 4.69) is 21.4 Å². The Hall–Kier alpha value is -2.71. The van der Waals surface area contributed by atoms with E-state index in [0.717, 1.165) is 32.3 Å². The number of hydrogen-bond donors (Lipinski definition) is 1. The summed E-state index contributed by atoms with van der Waals surface area (Å²) in [6.45, 7) is 6.89. The highest BCUT2D eigenvalue weighted by molar-refractivity contribution is 8.00. The second-order valence-corrected chi connectivity index (χ2v) is 10.1. The molecule has 0 bridgehead atoms. The van der Waals surface area contributed by atoms with Crippen molar-refractivity contribution in [1.29, 1.82) is 0 Å². The van der Waals surface area contributed by atoms with Gasteiger partial charge in [0, 0.05) is 31.2 Å². The van der Waals surface area contributed by atoms with E-state index in [4.69, 9.17) is 0 Å². The van der Waals surface area contributed by atoms with Gasteiger partial charge in [-0.05, 0) is 38.0 Å². The molecule has 2 aromatic heterocycles. The fraction of sp³-hybridized carbons (Fsp3) is 0.304. The van der Waals surface area contributed by atoms with Crippen molar-refractivity contribution in [2.45, 2.75) is 26.1 Å². The molecule has 0 saturated carbocycles. The molecule has 1 atom stereocenters. The molecule has 1 saturated heterocycles. The molecular formula is C23H24N4O2S2. The van der Waals surface area contributed by atoms with Crippen molar-refractivity contribution in [2.24, 2.45) is 0 Å². The molecule has 160 valence electrons. The highest BCUT2D eigenvalue weighted by Crippen LogP contribution is 2.33. The number of nitrogens with zero attached hydrogens (tertiary/aromatic N) is 3. The Kier molecular flexibility index (Phi) is 6.38. The molecule has 0 radical (unpaired) electrons. The van der Waals surface area contributed by atoms with Gasteiger partial charge in [0.2, 0.25) is 0 Å². The zero-order valence-electron chi connectivity index (χ0n) is 17.7. The molecule has 1 aromatic carbocycles. The smallest absolute Gasteiger partial charge is 0.274 e. The Balaban J connectivity index is 1.50. The Labute approximate surface area is 190 Å². The standard InChI is InChI=1S/C23H24N4O2S2/c1-14-5-4-6-17(9-14)21-20(26-16(3)31-21)23(29)27-7-8-30-19(27)13-25-22(28)18-10-15(2)11-24-12-18/h4-6,9-12,19H,7-8,13H2,1-3H3,(H,25,28). The Morgan fingerprint density at radius 1 is 1.16 bits per heavy atom. The van der Waals surface area contributed by atoms with Gasteiger partial charge in [-0.3, -0.25) is 14.6 Å². The van der Waals surface area contributed by atoms with Gasteiger partial charge in [0.15, 0.2) is 0 Å². The van der Waals surface area contributed by atoms with E-state index < -0.39 is 0 Å². The highest BCUT2D eigenvalue weighted by atomic mass is 32.2. The molecule has 6 nitrogen and oxygen atoms in total. The van der Waals surface area contributed by atoms with Crippen LogP contribution in [0.2, 0.25) is 0 Å². The minimum Gasteiger partial charge on any atom is -0.349 e. The van der Waals surface area contributed by atoms with Crippen molar-refractivity contribution < 1.29 is 9.59 Å². The van der Waals surface area contributed by atoms with Gasteiger partial charge in [-0.25, -0.2) is 4.98 Å². The fourth-order valence-electron chi connectivity index (χ4n) is 3.57. The molecule has 1 unspecified atom stereocenters. The maximum absolute atomic E-state index is 13.4. The van der Waals surface area contributed by atoms with Crippen LogP contribution in [0.3, 0.4) is 0 Å². The van der Waals surface area contributed by atoms with Crippen molar-refractivity contribution >= 4 is 34.9 Å². The molecular weight excluding hydrogens is 428 g/mol. The van der Waals surface area contributed by atoms with Crippen LogP contribution in [-0.4, -0.2) is 50.9 Å². The lowest BCUT2D eigenvalue weighted by molar-refractivity contribution is 0.0747. The molecule has 1 aliphatic rings. The molecule has 31 heavy (non-hydrogen) atoms. The SMILES string of the molecule is Cc1cncc(C(=O)NCC2SCCN2C(=O)c2nc(C)sc2-c2cccc(C)c2)c1. The Bertz CT molecular complexity index is 1130. The number of amides is 2. The second-order valence-electron chi connectivity index (χ2n) is 7.57. The van der Waals surface area contributed by atoms with Gasteiger partial charge in [-0.1, -0.05) is 29.8 Å². The van der Waals surface area contributed by atoms with Crippen LogP contribution < -0.4 is 5.32 Å². The average Bonchev–Trinajstić information content (AvgIpc) is 3.38. The molecule has 0 aliphatic carbocycles. The van der Waals surface area contributed by atoms with E-state index in [-0.39, 0.29) is 17.2 Å². The first kappa shape index (κ1) is 21.5. The molecule has 0 spiro atoms. The number of thiazole rings is 1. The quantitative estimate of drug-likeness (QED) is 0.631. The van der Waals surface area contributed by atoms with Crippen LogP contribution in [0.25, 0.3) is 10.4 Å². The summed E-state index contributed by atoms with van der Waals surface area (Å²) in [5.41, 5.74) is 4.11. The fourth-order valence-corrected chi connectivity index (χ4v) is 5.64. The van der Waals surface area contributed by atoms with E-state index in [1.165, 1.54) is 11.3 Å². The van der Waals surface area contributed by atoms with Crippen LogP contribution in [0.1, 0.15) is 37.0 Å². The molecule has 1 fully saturated rings. The first-order valence-corrected chi connectivity index (χ1v) is 12.0. The van der Waals surface area contributed by atoms with E-state index in [0.29, 0.717) is 24.3 Å². The summed E-state index contributed by atoms with van der Waals surface area (Å²) >= 11 is 3.21. The van der Waals surface area contributed by atoms with Crippen LogP contribution in [0.5, 0.6) is 0 Å². The predicted octanol–water partition coefficient (Wildman–Crippen LogP) is 4.08. The van der Waals surface area contributed by atoms with Crippen LogP contribution in [0, 0.1) is 20.8 Å². The third-order valence-electron chi connectivity index (χ3n) is 5.04. The number of hydrogen-bond acceptors (Lipinski definition) is 6. The van der Waals surface area contributed by atoms with Gasteiger partial charge in [-0.2, -0.15) is 0 Å². The van der Waals surface area contributed by atoms with Gasteiger partial charge in [0.05, 0.1) is 20.8 Å². The summed E-state index contributed by atoms with van der Waals surface area (Å²) in [5, 5.41) is 3.69. The zero-order valence-corrected chi connectivity index (χ0v) is 19.3. The lowest BCUT2D eigenvalue weighted by Gasteiger charge is -2.23. The third-order valence-corrected chi connectivity index (χ3v) is 7.29. The zero-order chi connectivity index (χ0) is 22.0. The summed E-state index contributed by atoms with van der Waals surface area (Å²) in [5.74, 6) is 0.574. The monoisotopic (exact) mass is 452 g/mol.